The Kier molecular flexibility index (Phi) is 4.68. The Labute approximate surface area is 140 Å². The van der Waals surface area contributed by atoms with Gasteiger partial charge in [0.05, 0.1) is 11.8 Å². The molecular formula is C17H20ClN3O2. The van der Waals surface area contributed by atoms with Crippen LogP contribution in [0, 0.1) is 5.92 Å². The number of amides is 1. The molecule has 0 aliphatic carbocycles. The van der Waals surface area contributed by atoms with E-state index in [0.717, 1.165) is 24.1 Å². The van der Waals surface area contributed by atoms with Crippen LogP contribution < -0.4 is 0 Å². The normalized spacial score (nSPS) is 17.3. The lowest BCUT2D eigenvalue weighted by atomic mass is 9.92. The number of nitrogens with zero attached hydrogens (tertiary/aromatic N) is 2. The summed E-state index contributed by atoms with van der Waals surface area (Å²) in [6.45, 7) is 3.16. The zero-order chi connectivity index (χ0) is 16.4. The zero-order valence-electron chi connectivity index (χ0n) is 13.0. The molecule has 1 unspecified atom stereocenters. The van der Waals surface area contributed by atoms with Gasteiger partial charge in [0.2, 0.25) is 0 Å². The van der Waals surface area contributed by atoms with Crippen LogP contribution in [0.2, 0.25) is 5.02 Å². The van der Waals surface area contributed by atoms with E-state index in [-0.39, 0.29) is 17.9 Å². The van der Waals surface area contributed by atoms with Crippen molar-refractivity contribution in [3.63, 3.8) is 0 Å². The number of carbonyl (C=O) groups is 1. The standard InChI is InChI=1S/C17H20ClN3O2/c1-11(22)12-6-8-21(9-7-12)17(23)16-10-15(19-20-16)13-2-4-14(18)5-3-13/h2-5,10-12,22H,6-9H2,1H3,(H,19,20). The first-order valence-electron chi connectivity index (χ1n) is 7.83. The fraction of sp³-hybridized carbons (Fsp3) is 0.412. The molecule has 5 nitrogen and oxygen atoms in total. The molecule has 1 aliphatic heterocycles. The van der Waals surface area contributed by atoms with Gasteiger partial charge in [0.1, 0.15) is 5.69 Å². The third-order valence-corrected chi connectivity index (χ3v) is 4.71. The van der Waals surface area contributed by atoms with Crippen molar-refractivity contribution in [2.24, 2.45) is 5.92 Å². The highest BCUT2D eigenvalue weighted by Gasteiger charge is 2.26. The fourth-order valence-corrected chi connectivity index (χ4v) is 3.08. The van der Waals surface area contributed by atoms with E-state index in [1.165, 1.54) is 0 Å². The van der Waals surface area contributed by atoms with Gasteiger partial charge in [-0.15, -0.1) is 0 Å². The summed E-state index contributed by atoms with van der Waals surface area (Å²) < 4.78 is 0. The van der Waals surface area contributed by atoms with Crippen LogP contribution in [0.1, 0.15) is 30.3 Å². The monoisotopic (exact) mass is 333 g/mol. The van der Waals surface area contributed by atoms with Crippen molar-refractivity contribution in [3.8, 4) is 11.3 Å². The number of aliphatic hydroxyl groups is 1. The van der Waals surface area contributed by atoms with Crippen molar-refractivity contribution >= 4 is 17.5 Å². The summed E-state index contributed by atoms with van der Waals surface area (Å²) in [5.74, 6) is 0.243. The third-order valence-electron chi connectivity index (χ3n) is 4.46. The molecule has 1 aliphatic rings. The van der Waals surface area contributed by atoms with Gasteiger partial charge in [0.15, 0.2) is 0 Å². The molecule has 3 rings (SSSR count). The van der Waals surface area contributed by atoms with Crippen molar-refractivity contribution in [1.29, 1.82) is 0 Å². The number of aromatic amines is 1. The highest BCUT2D eigenvalue weighted by molar-refractivity contribution is 6.30. The van der Waals surface area contributed by atoms with Crippen LogP contribution in [0.3, 0.4) is 0 Å². The summed E-state index contributed by atoms with van der Waals surface area (Å²) in [5.41, 5.74) is 2.13. The van der Waals surface area contributed by atoms with Gasteiger partial charge in [-0.05, 0) is 43.9 Å². The van der Waals surface area contributed by atoms with Gasteiger partial charge >= 0.3 is 0 Å². The average Bonchev–Trinajstić information content (AvgIpc) is 3.05. The number of likely N-dealkylation sites (tertiary alicyclic amines) is 1. The van der Waals surface area contributed by atoms with Crippen LogP contribution in [0.4, 0.5) is 0 Å². The number of piperidine rings is 1. The number of rotatable bonds is 3. The first-order chi connectivity index (χ1) is 11.0. The smallest absolute Gasteiger partial charge is 0.271 e. The van der Waals surface area contributed by atoms with Gasteiger partial charge < -0.3 is 10.0 Å². The van der Waals surface area contributed by atoms with Crippen LogP contribution in [-0.4, -0.2) is 45.3 Å². The molecule has 2 heterocycles. The molecule has 23 heavy (non-hydrogen) atoms. The first-order valence-corrected chi connectivity index (χ1v) is 8.21. The largest absolute Gasteiger partial charge is 0.393 e. The number of carbonyl (C=O) groups excluding carboxylic acids is 1. The van der Waals surface area contributed by atoms with Crippen molar-refractivity contribution in [2.75, 3.05) is 13.1 Å². The molecule has 0 radical (unpaired) electrons. The Hall–Kier alpha value is -1.85. The van der Waals surface area contributed by atoms with Gasteiger partial charge in [-0.25, -0.2) is 0 Å². The van der Waals surface area contributed by atoms with E-state index in [4.69, 9.17) is 11.6 Å². The maximum absolute atomic E-state index is 12.5. The SMILES string of the molecule is CC(O)C1CCN(C(=O)c2cc(-c3ccc(Cl)cc3)n[nH]2)CC1. The Morgan fingerprint density at radius 2 is 2.00 bits per heavy atom. The highest BCUT2D eigenvalue weighted by Crippen LogP contribution is 2.23. The molecule has 1 aromatic heterocycles. The highest BCUT2D eigenvalue weighted by atomic mass is 35.5. The Bertz CT molecular complexity index is 673. The number of aromatic nitrogens is 2. The Morgan fingerprint density at radius 1 is 1.35 bits per heavy atom. The second-order valence-electron chi connectivity index (χ2n) is 6.04. The maximum atomic E-state index is 12.5. The van der Waals surface area contributed by atoms with E-state index in [1.54, 1.807) is 18.2 Å². The van der Waals surface area contributed by atoms with Gasteiger partial charge in [0.25, 0.3) is 5.91 Å². The van der Waals surface area contributed by atoms with Crippen molar-refractivity contribution in [1.82, 2.24) is 15.1 Å². The molecule has 1 saturated heterocycles. The summed E-state index contributed by atoms with van der Waals surface area (Å²) >= 11 is 5.88. The van der Waals surface area contributed by atoms with Crippen molar-refractivity contribution in [2.45, 2.75) is 25.9 Å². The zero-order valence-corrected chi connectivity index (χ0v) is 13.8. The van der Waals surface area contributed by atoms with Crippen LogP contribution in [0.15, 0.2) is 30.3 Å². The summed E-state index contributed by atoms with van der Waals surface area (Å²) in [7, 11) is 0. The lowest BCUT2D eigenvalue weighted by molar-refractivity contribution is 0.0517. The van der Waals surface area contributed by atoms with Gasteiger partial charge in [-0.1, -0.05) is 23.7 Å². The second-order valence-corrected chi connectivity index (χ2v) is 6.48. The minimum Gasteiger partial charge on any atom is -0.393 e. The lowest BCUT2D eigenvalue weighted by Gasteiger charge is -2.32. The van der Waals surface area contributed by atoms with E-state index < -0.39 is 0 Å². The first kappa shape index (κ1) is 16.0. The number of hydrogen-bond donors (Lipinski definition) is 2. The van der Waals surface area contributed by atoms with Gasteiger partial charge in [-0.3, -0.25) is 9.89 Å². The lowest BCUT2D eigenvalue weighted by Crippen LogP contribution is -2.40. The number of benzene rings is 1. The number of H-pyrrole nitrogens is 1. The molecule has 1 amide bonds. The molecule has 6 heteroatoms. The molecule has 1 aromatic carbocycles. The summed E-state index contributed by atoms with van der Waals surface area (Å²) in [6, 6.07) is 9.12. The molecule has 2 N–H and O–H groups in total. The fourth-order valence-electron chi connectivity index (χ4n) is 2.96. The predicted molar refractivity (Wildman–Crippen MR) is 89.3 cm³/mol. The van der Waals surface area contributed by atoms with Crippen molar-refractivity contribution < 1.29 is 9.90 Å². The third kappa shape index (κ3) is 3.57. The number of nitrogens with one attached hydrogen (secondary N) is 1. The van der Waals surface area contributed by atoms with E-state index >= 15 is 0 Å². The number of aliphatic hydroxyl groups excluding tert-OH is 1. The Balaban J connectivity index is 1.68. The van der Waals surface area contributed by atoms with Crippen LogP contribution in [0.25, 0.3) is 11.3 Å². The number of hydrogen-bond acceptors (Lipinski definition) is 3. The van der Waals surface area contributed by atoms with Crippen LogP contribution in [-0.2, 0) is 0 Å². The summed E-state index contributed by atoms with van der Waals surface area (Å²) in [4.78, 5) is 14.4. The predicted octanol–water partition coefficient (Wildman–Crippen LogP) is 2.96. The molecule has 0 bridgehead atoms. The van der Waals surface area contributed by atoms with E-state index in [9.17, 15) is 9.90 Å². The molecule has 0 saturated carbocycles. The van der Waals surface area contributed by atoms with Crippen LogP contribution in [0.5, 0.6) is 0 Å². The van der Waals surface area contributed by atoms with Gasteiger partial charge in [-0.2, -0.15) is 5.10 Å². The minimum atomic E-state index is -0.309. The van der Waals surface area contributed by atoms with Crippen LogP contribution >= 0.6 is 11.6 Å². The molecule has 0 spiro atoms. The van der Waals surface area contributed by atoms with Crippen molar-refractivity contribution in [3.05, 3.63) is 41.0 Å². The molecular weight excluding hydrogens is 314 g/mol. The van der Waals surface area contributed by atoms with E-state index in [0.29, 0.717) is 23.8 Å². The van der Waals surface area contributed by atoms with E-state index in [1.807, 2.05) is 24.0 Å². The minimum absolute atomic E-state index is 0.0400. The molecule has 122 valence electrons. The second kappa shape index (κ2) is 6.72. The molecule has 1 fully saturated rings. The summed E-state index contributed by atoms with van der Waals surface area (Å²) in [5, 5.41) is 17.4. The quantitative estimate of drug-likeness (QED) is 0.907. The molecule has 1 atom stereocenters. The maximum Gasteiger partial charge on any atom is 0.271 e. The topological polar surface area (TPSA) is 69.2 Å². The van der Waals surface area contributed by atoms with Gasteiger partial charge in [0, 0.05) is 23.7 Å². The number of halogens is 1. The average molecular weight is 334 g/mol. The molecule has 2 aromatic rings. The van der Waals surface area contributed by atoms with E-state index in [2.05, 4.69) is 10.2 Å². The Morgan fingerprint density at radius 3 is 2.61 bits per heavy atom. The summed E-state index contributed by atoms with van der Waals surface area (Å²) in [6.07, 6.45) is 1.36.